The molecule has 0 saturated carbocycles. The Bertz CT molecular complexity index is 1280. The minimum absolute atomic E-state index is 0.175. The number of benzene rings is 3. The lowest BCUT2D eigenvalue weighted by molar-refractivity contribution is 0.276. The summed E-state index contributed by atoms with van der Waals surface area (Å²) in [6.45, 7) is 1.51. The maximum atomic E-state index is 15.0. The van der Waals surface area contributed by atoms with Crippen LogP contribution in [0.1, 0.15) is 29.5 Å². The van der Waals surface area contributed by atoms with Gasteiger partial charge in [0.25, 0.3) is 0 Å². The Balaban J connectivity index is 1.44. The van der Waals surface area contributed by atoms with Crippen LogP contribution in [0, 0.1) is 5.82 Å². The Morgan fingerprint density at radius 1 is 0.943 bits per heavy atom. The first-order valence-electron chi connectivity index (χ1n) is 11.9. The van der Waals surface area contributed by atoms with Crippen molar-refractivity contribution < 1.29 is 18.4 Å². The summed E-state index contributed by atoms with van der Waals surface area (Å²) < 4.78 is 30.3. The smallest absolute Gasteiger partial charge is 0.316 e. The van der Waals surface area contributed by atoms with Crippen LogP contribution in [-0.4, -0.2) is 23.0 Å². The second-order valence-electron chi connectivity index (χ2n) is 8.46. The number of aromatic nitrogens is 1. The average Bonchev–Trinajstić information content (AvgIpc) is 2.87. The van der Waals surface area contributed by atoms with Gasteiger partial charge in [0.05, 0.1) is 12.1 Å². The number of fused-ring (bicyclic) bond motifs is 1. The third kappa shape index (κ3) is 7.06. The SMILES string of the molecule is O=[PH](O)OCCCNCc1ccc(-c2ccc(CCCc3ccccc3)c(F)c2)c2cccnc12. The summed E-state index contributed by atoms with van der Waals surface area (Å²) in [5.41, 5.74) is 5.72. The Labute approximate surface area is 206 Å². The highest BCUT2D eigenvalue weighted by Gasteiger charge is 2.11. The average molecular weight is 493 g/mol. The van der Waals surface area contributed by atoms with Gasteiger partial charge in [-0.1, -0.05) is 60.7 Å². The van der Waals surface area contributed by atoms with Crippen LogP contribution in [0.25, 0.3) is 22.0 Å². The Morgan fingerprint density at radius 2 is 1.77 bits per heavy atom. The van der Waals surface area contributed by atoms with Crippen molar-refractivity contribution in [3.8, 4) is 11.1 Å². The van der Waals surface area contributed by atoms with Gasteiger partial charge in [0.15, 0.2) is 0 Å². The summed E-state index contributed by atoms with van der Waals surface area (Å²) >= 11 is 0. The van der Waals surface area contributed by atoms with Gasteiger partial charge >= 0.3 is 8.25 Å². The zero-order valence-electron chi connectivity index (χ0n) is 19.5. The number of hydrogen-bond acceptors (Lipinski definition) is 4. The second-order valence-corrected chi connectivity index (χ2v) is 9.28. The van der Waals surface area contributed by atoms with Crippen molar-refractivity contribution in [3.63, 3.8) is 0 Å². The fourth-order valence-electron chi connectivity index (χ4n) is 4.25. The topological polar surface area (TPSA) is 71.5 Å². The van der Waals surface area contributed by atoms with E-state index in [9.17, 15) is 8.96 Å². The summed E-state index contributed by atoms with van der Waals surface area (Å²) in [6.07, 6.45) is 4.94. The summed E-state index contributed by atoms with van der Waals surface area (Å²) in [7, 11) is -2.87. The maximum absolute atomic E-state index is 15.0. The van der Waals surface area contributed by atoms with E-state index in [4.69, 9.17) is 9.42 Å². The zero-order valence-corrected chi connectivity index (χ0v) is 20.5. The second kappa shape index (κ2) is 12.7. The molecule has 35 heavy (non-hydrogen) atoms. The molecule has 4 rings (SSSR count). The molecule has 182 valence electrons. The van der Waals surface area contributed by atoms with E-state index < -0.39 is 8.25 Å². The fraction of sp³-hybridized carbons (Fsp3) is 0.250. The molecule has 0 saturated heterocycles. The molecule has 0 amide bonds. The van der Waals surface area contributed by atoms with E-state index in [-0.39, 0.29) is 12.4 Å². The van der Waals surface area contributed by atoms with Crippen LogP contribution in [0.2, 0.25) is 0 Å². The molecule has 5 nitrogen and oxygen atoms in total. The number of aryl methyl sites for hydroxylation is 2. The van der Waals surface area contributed by atoms with E-state index in [1.807, 2.05) is 54.6 Å². The van der Waals surface area contributed by atoms with Crippen LogP contribution in [-0.2, 0) is 28.5 Å². The Hall–Kier alpha value is -2.89. The Kier molecular flexibility index (Phi) is 9.15. The molecular formula is C28H30FN2O3P. The minimum Gasteiger partial charge on any atom is -0.326 e. The van der Waals surface area contributed by atoms with Crippen molar-refractivity contribution in [2.24, 2.45) is 0 Å². The van der Waals surface area contributed by atoms with Crippen LogP contribution in [0.3, 0.4) is 0 Å². The molecule has 4 aromatic rings. The quantitative estimate of drug-likeness (QED) is 0.185. The van der Waals surface area contributed by atoms with Crippen molar-refractivity contribution in [3.05, 3.63) is 102 Å². The predicted molar refractivity (Wildman–Crippen MR) is 139 cm³/mol. The monoisotopic (exact) mass is 492 g/mol. The Morgan fingerprint density at radius 3 is 2.57 bits per heavy atom. The molecule has 2 N–H and O–H groups in total. The van der Waals surface area contributed by atoms with E-state index in [1.54, 1.807) is 12.3 Å². The first kappa shape index (κ1) is 25.2. The molecule has 0 radical (unpaired) electrons. The van der Waals surface area contributed by atoms with Gasteiger partial charge in [-0.2, -0.15) is 0 Å². The van der Waals surface area contributed by atoms with E-state index >= 15 is 0 Å². The van der Waals surface area contributed by atoms with Crippen LogP contribution in [0.5, 0.6) is 0 Å². The van der Waals surface area contributed by atoms with Crippen LogP contribution in [0.4, 0.5) is 4.39 Å². The lowest BCUT2D eigenvalue weighted by Gasteiger charge is -2.13. The van der Waals surface area contributed by atoms with Crippen LogP contribution >= 0.6 is 8.25 Å². The van der Waals surface area contributed by atoms with Crippen molar-refractivity contribution >= 4 is 19.2 Å². The van der Waals surface area contributed by atoms with Gasteiger partial charge in [-0.3, -0.25) is 9.55 Å². The molecule has 0 aliphatic heterocycles. The van der Waals surface area contributed by atoms with E-state index in [0.29, 0.717) is 25.9 Å². The molecular weight excluding hydrogens is 462 g/mol. The molecule has 1 unspecified atom stereocenters. The van der Waals surface area contributed by atoms with Crippen LogP contribution in [0.15, 0.2) is 79.0 Å². The summed E-state index contributed by atoms with van der Waals surface area (Å²) in [5, 5.41) is 4.30. The molecule has 3 aromatic carbocycles. The number of rotatable bonds is 12. The predicted octanol–water partition coefficient (Wildman–Crippen LogP) is 6.09. The third-order valence-electron chi connectivity index (χ3n) is 6.01. The summed E-state index contributed by atoms with van der Waals surface area (Å²) in [4.78, 5) is 13.3. The number of nitrogens with zero attached hydrogens (tertiary/aromatic N) is 1. The molecule has 0 aliphatic carbocycles. The van der Waals surface area contributed by atoms with Gasteiger partial charge in [-0.25, -0.2) is 4.39 Å². The highest BCUT2D eigenvalue weighted by molar-refractivity contribution is 7.32. The fourth-order valence-corrected chi connectivity index (χ4v) is 4.57. The van der Waals surface area contributed by atoms with Crippen LogP contribution < -0.4 is 5.32 Å². The van der Waals surface area contributed by atoms with Gasteiger partial charge in [-0.15, -0.1) is 0 Å². The van der Waals surface area contributed by atoms with Gasteiger partial charge in [0.2, 0.25) is 0 Å². The molecule has 0 spiro atoms. The van der Waals surface area contributed by atoms with Crippen molar-refractivity contribution in [2.45, 2.75) is 32.2 Å². The number of nitrogens with one attached hydrogen (secondary N) is 1. The molecule has 1 atom stereocenters. The maximum Gasteiger partial charge on any atom is 0.316 e. The lowest BCUT2D eigenvalue weighted by atomic mass is 9.95. The van der Waals surface area contributed by atoms with E-state index in [0.717, 1.165) is 46.0 Å². The first-order chi connectivity index (χ1) is 17.1. The lowest BCUT2D eigenvalue weighted by Crippen LogP contribution is -2.16. The molecule has 7 heteroatoms. The molecule has 1 aromatic heterocycles. The zero-order chi connectivity index (χ0) is 24.5. The highest BCUT2D eigenvalue weighted by Crippen LogP contribution is 2.31. The molecule has 0 bridgehead atoms. The first-order valence-corrected chi connectivity index (χ1v) is 13.1. The van der Waals surface area contributed by atoms with E-state index in [2.05, 4.69) is 22.4 Å². The van der Waals surface area contributed by atoms with Gasteiger partial charge in [0.1, 0.15) is 5.82 Å². The van der Waals surface area contributed by atoms with Gasteiger partial charge in [0, 0.05) is 18.1 Å². The van der Waals surface area contributed by atoms with Crippen molar-refractivity contribution in [1.29, 1.82) is 0 Å². The van der Waals surface area contributed by atoms with E-state index in [1.165, 1.54) is 5.56 Å². The number of halogens is 1. The standard InChI is InChI=1S/C28H30FN2O3P/c29-27-19-23(13-12-22(27)10-4-9-21-7-2-1-3-8-21)25-15-14-24(28-26(25)11-5-17-31-28)20-30-16-6-18-34-35(32)33/h1-3,5,7-8,11-15,17,19,30,35H,4,6,9-10,16,18,20H2,(H,32,33). The highest BCUT2D eigenvalue weighted by atomic mass is 31.1. The number of hydrogen-bond donors (Lipinski definition) is 2. The number of pyridine rings is 1. The molecule has 0 aliphatic rings. The van der Waals surface area contributed by atoms with Gasteiger partial charge < -0.3 is 14.7 Å². The minimum atomic E-state index is -2.87. The van der Waals surface area contributed by atoms with Crippen molar-refractivity contribution in [1.82, 2.24) is 10.3 Å². The normalized spacial score (nSPS) is 12.2. The summed E-state index contributed by atoms with van der Waals surface area (Å²) in [6, 6.07) is 23.8. The van der Waals surface area contributed by atoms with Gasteiger partial charge in [-0.05, 0) is 72.2 Å². The van der Waals surface area contributed by atoms with Crippen molar-refractivity contribution in [2.75, 3.05) is 13.2 Å². The molecule has 0 fully saturated rings. The largest absolute Gasteiger partial charge is 0.326 e. The molecule has 1 heterocycles. The summed E-state index contributed by atoms with van der Waals surface area (Å²) in [5.74, 6) is -0.175. The third-order valence-corrected chi connectivity index (χ3v) is 6.46.